The van der Waals surface area contributed by atoms with Gasteiger partial charge in [0.05, 0.1) is 11.0 Å². The Morgan fingerprint density at radius 1 is 0.872 bits per heavy atom. The second-order valence-corrected chi connectivity index (χ2v) is 12.3. The molecule has 0 bridgehead atoms. The number of carbonyl (C=O) groups excluding carboxylic acids is 4. The third kappa shape index (κ3) is 6.66. The van der Waals surface area contributed by atoms with Gasteiger partial charge in [-0.05, 0) is 76.1 Å². The Morgan fingerprint density at radius 3 is 2.23 bits per heavy atom. The topological polar surface area (TPSA) is 140 Å². The first-order valence-electron chi connectivity index (χ1n) is 15.0. The largest absolute Gasteiger partial charge is 0.471 e. The van der Waals surface area contributed by atoms with Crippen LogP contribution in [0.1, 0.15) is 83.9 Å². The highest BCUT2D eigenvalue weighted by atomic mass is 19.4. The van der Waals surface area contributed by atoms with Crippen molar-refractivity contribution in [2.75, 3.05) is 18.5 Å². The number of esters is 2. The molecule has 2 aliphatic rings. The number of unbranched alkanes of at least 4 members (excludes halogenated alkanes) is 3. The molecule has 0 saturated carbocycles. The zero-order valence-electron chi connectivity index (χ0n) is 25.9. The number of halogens is 3. The van der Waals surface area contributed by atoms with Crippen molar-refractivity contribution in [1.82, 2.24) is 5.32 Å². The lowest BCUT2D eigenvalue weighted by Gasteiger charge is -2.37. The highest BCUT2D eigenvalue weighted by Gasteiger charge is 2.54. The van der Waals surface area contributed by atoms with E-state index >= 15 is 0 Å². The van der Waals surface area contributed by atoms with Crippen molar-refractivity contribution in [3.8, 4) is 17.2 Å². The number of anilines is 1. The van der Waals surface area contributed by atoms with Gasteiger partial charge in [-0.1, -0.05) is 12.8 Å². The summed E-state index contributed by atoms with van der Waals surface area (Å²) in [5, 5.41) is 13.6. The second kappa shape index (κ2) is 12.7. The summed E-state index contributed by atoms with van der Waals surface area (Å²) in [6.45, 7) is 5.52. The van der Waals surface area contributed by atoms with Crippen LogP contribution in [0.15, 0.2) is 54.6 Å². The number of aliphatic hydroxyl groups excluding tert-OH is 1. The van der Waals surface area contributed by atoms with Gasteiger partial charge in [-0.25, -0.2) is 4.79 Å². The predicted octanol–water partition coefficient (Wildman–Crippen LogP) is 5.99. The number of aliphatic hydroxyl groups is 1. The molecule has 47 heavy (non-hydrogen) atoms. The molecule has 3 aromatic rings. The SMILES string of the molecule is CC(C)(C)C(=O)Oc1ccc2c(c1)Oc1cc(NC(=O)C(F)(F)F)ccc1C21OC(=O)c2ccc(C(=O)NCCCCCCO)cc21. The molecule has 248 valence electrons. The van der Waals surface area contributed by atoms with E-state index in [-0.39, 0.29) is 51.8 Å². The molecule has 1 unspecified atom stereocenters. The quantitative estimate of drug-likeness (QED) is 0.145. The maximum atomic E-state index is 13.3. The van der Waals surface area contributed by atoms with Crippen molar-refractivity contribution >= 4 is 29.4 Å². The predicted molar refractivity (Wildman–Crippen MR) is 162 cm³/mol. The lowest BCUT2D eigenvalue weighted by Crippen LogP contribution is -2.34. The number of fused-ring (bicyclic) bond motifs is 6. The molecule has 2 heterocycles. The van der Waals surface area contributed by atoms with Crippen molar-refractivity contribution in [3.05, 3.63) is 82.4 Å². The molecule has 2 aliphatic heterocycles. The van der Waals surface area contributed by atoms with E-state index in [2.05, 4.69) is 5.32 Å². The van der Waals surface area contributed by atoms with E-state index < -0.39 is 40.9 Å². The minimum atomic E-state index is -5.15. The molecule has 0 radical (unpaired) electrons. The van der Waals surface area contributed by atoms with Crippen molar-refractivity contribution in [1.29, 1.82) is 0 Å². The van der Waals surface area contributed by atoms with Gasteiger partial charge in [-0.2, -0.15) is 13.2 Å². The third-order valence-electron chi connectivity index (χ3n) is 7.75. The first-order chi connectivity index (χ1) is 22.1. The van der Waals surface area contributed by atoms with E-state index in [1.165, 1.54) is 42.5 Å². The average molecular weight is 655 g/mol. The molecule has 10 nitrogen and oxygen atoms in total. The first-order valence-corrected chi connectivity index (χ1v) is 15.0. The molecule has 3 N–H and O–H groups in total. The van der Waals surface area contributed by atoms with Crippen LogP contribution < -0.4 is 20.1 Å². The second-order valence-electron chi connectivity index (χ2n) is 12.3. The van der Waals surface area contributed by atoms with Crippen LogP contribution in [0, 0.1) is 5.41 Å². The Balaban J connectivity index is 1.58. The number of hydrogen-bond donors (Lipinski definition) is 3. The lowest BCUT2D eigenvalue weighted by atomic mass is 9.77. The highest BCUT2D eigenvalue weighted by molar-refractivity contribution is 6.01. The summed E-state index contributed by atoms with van der Waals surface area (Å²) in [4.78, 5) is 50.8. The van der Waals surface area contributed by atoms with Gasteiger partial charge in [0.1, 0.15) is 17.2 Å². The Bertz CT molecular complexity index is 1670. The summed E-state index contributed by atoms with van der Waals surface area (Å²) in [5.74, 6) is -3.73. The average Bonchev–Trinajstić information content (AvgIpc) is 3.29. The van der Waals surface area contributed by atoms with Crippen molar-refractivity contribution < 1.29 is 51.7 Å². The highest BCUT2D eigenvalue weighted by Crippen LogP contribution is 2.57. The molecular formula is C34H33F3N2O8. The first kappa shape index (κ1) is 33.5. The lowest BCUT2D eigenvalue weighted by molar-refractivity contribution is -0.167. The smallest absolute Gasteiger partial charge is 0.456 e. The molecule has 5 rings (SSSR count). The number of nitrogens with one attached hydrogen (secondary N) is 2. The van der Waals surface area contributed by atoms with E-state index in [1.54, 1.807) is 32.2 Å². The molecule has 0 aromatic heterocycles. The fourth-order valence-electron chi connectivity index (χ4n) is 5.34. The van der Waals surface area contributed by atoms with Crippen LogP contribution in [0.25, 0.3) is 0 Å². The number of ether oxygens (including phenoxy) is 3. The molecule has 0 fully saturated rings. The van der Waals surface area contributed by atoms with Crippen LogP contribution in [-0.2, 0) is 19.9 Å². The van der Waals surface area contributed by atoms with E-state index in [0.29, 0.717) is 24.9 Å². The summed E-state index contributed by atoms with van der Waals surface area (Å²) < 4.78 is 56.8. The minimum Gasteiger partial charge on any atom is -0.456 e. The molecule has 0 saturated heterocycles. The molecule has 0 aliphatic carbocycles. The number of rotatable bonds is 9. The maximum absolute atomic E-state index is 13.3. The number of alkyl halides is 3. The normalized spacial score (nSPS) is 16.4. The van der Waals surface area contributed by atoms with E-state index in [9.17, 15) is 32.3 Å². The molecular weight excluding hydrogens is 621 g/mol. The van der Waals surface area contributed by atoms with Gasteiger partial charge in [-0.3, -0.25) is 14.4 Å². The zero-order chi connectivity index (χ0) is 34.1. The van der Waals surface area contributed by atoms with Gasteiger partial charge in [0, 0.05) is 53.2 Å². The Morgan fingerprint density at radius 2 is 1.55 bits per heavy atom. The van der Waals surface area contributed by atoms with Crippen molar-refractivity contribution in [2.24, 2.45) is 5.41 Å². The summed E-state index contributed by atoms with van der Waals surface area (Å²) >= 11 is 0. The number of benzene rings is 3. The van der Waals surface area contributed by atoms with Gasteiger partial charge in [0.15, 0.2) is 5.60 Å². The third-order valence-corrected chi connectivity index (χ3v) is 7.75. The Hall–Kier alpha value is -4.91. The standard InChI is InChI=1S/C34H33F3N2O8/c1-32(2,3)31(44)45-21-10-13-24-27(18-21)46-26-17-20(39-30(43)34(35,36)37)9-12-23(26)33(24)25-16-19(8-11-22(25)29(42)47-33)28(41)38-14-6-4-5-7-15-40/h8-13,16-18,40H,4-7,14-15H2,1-3H3,(H,38,41)(H,39,43). The number of carbonyl (C=O) groups is 4. The van der Waals surface area contributed by atoms with Gasteiger partial charge >= 0.3 is 24.0 Å². The summed E-state index contributed by atoms with van der Waals surface area (Å²) in [6.07, 6.45) is -2.12. The maximum Gasteiger partial charge on any atom is 0.471 e. The van der Waals surface area contributed by atoms with Crippen LogP contribution in [-0.4, -0.2) is 48.2 Å². The molecule has 3 aromatic carbocycles. The van der Waals surface area contributed by atoms with Crippen molar-refractivity contribution in [3.63, 3.8) is 0 Å². The number of hydrogen-bond acceptors (Lipinski definition) is 8. The molecule has 1 spiro atoms. The molecule has 2 amide bonds. The van der Waals surface area contributed by atoms with Crippen LogP contribution in [0.3, 0.4) is 0 Å². The van der Waals surface area contributed by atoms with Gasteiger partial charge in [0.25, 0.3) is 5.91 Å². The van der Waals surface area contributed by atoms with E-state index in [1.807, 2.05) is 0 Å². The monoisotopic (exact) mass is 654 g/mol. The van der Waals surface area contributed by atoms with Gasteiger partial charge < -0.3 is 30.0 Å². The Kier molecular flexibility index (Phi) is 9.04. The minimum absolute atomic E-state index is 0.0462. The Labute approximate surface area is 268 Å². The fraction of sp³-hybridized carbons (Fsp3) is 0.353. The van der Waals surface area contributed by atoms with Crippen molar-refractivity contribution in [2.45, 2.75) is 58.2 Å². The van der Waals surface area contributed by atoms with E-state index in [0.717, 1.165) is 18.9 Å². The zero-order valence-corrected chi connectivity index (χ0v) is 25.9. The number of amides is 2. The molecule has 1 atom stereocenters. The summed E-state index contributed by atoms with van der Waals surface area (Å²) in [7, 11) is 0. The van der Waals surface area contributed by atoms with Crippen LogP contribution >= 0.6 is 0 Å². The summed E-state index contributed by atoms with van der Waals surface area (Å²) in [5.41, 5.74) is -1.59. The van der Waals surface area contributed by atoms with Crippen LogP contribution in [0.5, 0.6) is 17.2 Å². The van der Waals surface area contributed by atoms with Crippen LogP contribution in [0.2, 0.25) is 0 Å². The van der Waals surface area contributed by atoms with Gasteiger partial charge in [0.2, 0.25) is 0 Å². The summed E-state index contributed by atoms with van der Waals surface area (Å²) in [6, 6.07) is 12.7. The van der Waals surface area contributed by atoms with Gasteiger partial charge in [-0.15, -0.1) is 0 Å². The molecule has 13 heteroatoms. The van der Waals surface area contributed by atoms with E-state index in [4.69, 9.17) is 19.3 Å². The van der Waals surface area contributed by atoms with Crippen LogP contribution in [0.4, 0.5) is 18.9 Å². The fourth-order valence-corrected chi connectivity index (χ4v) is 5.34.